The van der Waals surface area contributed by atoms with Crippen molar-refractivity contribution in [3.63, 3.8) is 0 Å². The van der Waals surface area contributed by atoms with E-state index in [4.69, 9.17) is 0 Å². The Kier molecular flexibility index (Phi) is 4.88. The van der Waals surface area contributed by atoms with Crippen LogP contribution in [0.15, 0.2) is 17.2 Å². The highest BCUT2D eigenvalue weighted by atomic mass is 16.2. The molecule has 0 saturated heterocycles. The molecule has 2 amide bonds. The summed E-state index contributed by atoms with van der Waals surface area (Å²) in [5.74, 6) is -0.366. The van der Waals surface area contributed by atoms with Crippen LogP contribution in [0.3, 0.4) is 0 Å². The lowest BCUT2D eigenvalue weighted by Gasteiger charge is -2.22. The van der Waals surface area contributed by atoms with Crippen LogP contribution >= 0.6 is 0 Å². The van der Waals surface area contributed by atoms with Crippen molar-refractivity contribution < 1.29 is 9.59 Å². The number of carbonyl (C=O) groups excluding carboxylic acids is 2. The zero-order chi connectivity index (χ0) is 17.2. The zero-order valence-electron chi connectivity index (χ0n) is 14.5. The van der Waals surface area contributed by atoms with Gasteiger partial charge in [0.1, 0.15) is 5.71 Å². The summed E-state index contributed by atoms with van der Waals surface area (Å²) in [6.07, 6.45) is 0.698. The molecule has 0 atom stereocenters. The molecule has 0 fully saturated rings. The van der Waals surface area contributed by atoms with E-state index in [2.05, 4.69) is 62.6 Å². The zero-order valence-corrected chi connectivity index (χ0v) is 14.5. The van der Waals surface area contributed by atoms with Gasteiger partial charge < -0.3 is 5.32 Å². The Morgan fingerprint density at radius 1 is 1.22 bits per heavy atom. The quantitative estimate of drug-likeness (QED) is 0.899. The summed E-state index contributed by atoms with van der Waals surface area (Å²) in [7, 11) is 0. The molecule has 0 bridgehead atoms. The van der Waals surface area contributed by atoms with E-state index in [-0.39, 0.29) is 17.2 Å². The third-order valence-corrected chi connectivity index (χ3v) is 4.15. The van der Waals surface area contributed by atoms with Crippen LogP contribution in [0.5, 0.6) is 0 Å². The van der Waals surface area contributed by atoms with Crippen molar-refractivity contribution in [2.45, 2.75) is 59.4 Å². The first-order chi connectivity index (χ1) is 10.7. The monoisotopic (exact) mass is 315 g/mol. The molecule has 0 saturated carbocycles. The minimum Gasteiger partial charge on any atom is -0.347 e. The van der Waals surface area contributed by atoms with Gasteiger partial charge in [-0.3, -0.25) is 9.59 Å². The molecule has 0 aromatic heterocycles. The maximum Gasteiger partial charge on any atom is 0.267 e. The van der Waals surface area contributed by atoms with E-state index in [0.717, 1.165) is 5.56 Å². The van der Waals surface area contributed by atoms with Crippen LogP contribution in [0, 0.1) is 13.8 Å². The van der Waals surface area contributed by atoms with E-state index in [1.165, 1.54) is 16.7 Å². The lowest BCUT2D eigenvalue weighted by atomic mass is 9.84. The van der Waals surface area contributed by atoms with Crippen LogP contribution in [0.1, 0.15) is 55.9 Å². The topological polar surface area (TPSA) is 70.6 Å². The number of nitrogens with zero attached hydrogens (tertiary/aromatic N) is 1. The Balaban J connectivity index is 2.09. The smallest absolute Gasteiger partial charge is 0.267 e. The average molecular weight is 315 g/mol. The number of rotatable bonds is 3. The largest absolute Gasteiger partial charge is 0.347 e. The van der Waals surface area contributed by atoms with Crippen molar-refractivity contribution in [1.29, 1.82) is 0 Å². The molecule has 1 aromatic carbocycles. The number of hydrogen-bond donors (Lipinski definition) is 2. The Labute approximate surface area is 137 Å². The van der Waals surface area contributed by atoms with Crippen LogP contribution in [0.25, 0.3) is 0 Å². The lowest BCUT2D eigenvalue weighted by molar-refractivity contribution is -0.121. The Bertz CT molecular complexity index is 646. The van der Waals surface area contributed by atoms with Gasteiger partial charge in [0.2, 0.25) is 5.91 Å². The second kappa shape index (κ2) is 6.52. The Morgan fingerprint density at radius 2 is 1.83 bits per heavy atom. The van der Waals surface area contributed by atoms with Gasteiger partial charge in [-0.2, -0.15) is 5.10 Å². The van der Waals surface area contributed by atoms with Gasteiger partial charge in [-0.15, -0.1) is 0 Å². The highest BCUT2D eigenvalue weighted by molar-refractivity contribution is 6.39. The molecule has 2 N–H and O–H groups in total. The third-order valence-electron chi connectivity index (χ3n) is 4.15. The molecule has 1 heterocycles. The van der Waals surface area contributed by atoms with Gasteiger partial charge in [-0.05, 0) is 41.5 Å². The predicted molar refractivity (Wildman–Crippen MR) is 91.3 cm³/mol. The van der Waals surface area contributed by atoms with Gasteiger partial charge in [0.05, 0.1) is 0 Å². The lowest BCUT2D eigenvalue weighted by Crippen LogP contribution is -2.36. The summed E-state index contributed by atoms with van der Waals surface area (Å²) in [5, 5.41) is 6.72. The summed E-state index contributed by atoms with van der Waals surface area (Å²) >= 11 is 0. The van der Waals surface area contributed by atoms with Gasteiger partial charge in [0.15, 0.2) is 0 Å². The van der Waals surface area contributed by atoms with Crippen molar-refractivity contribution in [2.24, 2.45) is 5.10 Å². The van der Waals surface area contributed by atoms with Crippen LogP contribution in [-0.2, 0) is 21.5 Å². The normalized spacial score (nSPS) is 15.0. The number of nitrogens with one attached hydrogen (secondary N) is 2. The van der Waals surface area contributed by atoms with Gasteiger partial charge in [0.25, 0.3) is 5.91 Å². The average Bonchev–Trinajstić information content (AvgIpc) is 2.45. The Hall–Kier alpha value is -2.17. The second-order valence-electron chi connectivity index (χ2n) is 7.11. The number of benzene rings is 1. The molecule has 2 rings (SSSR count). The maximum absolute atomic E-state index is 12.1. The maximum atomic E-state index is 12.1. The molecular formula is C18H25N3O2. The van der Waals surface area contributed by atoms with Crippen molar-refractivity contribution in [2.75, 3.05) is 0 Å². The van der Waals surface area contributed by atoms with E-state index < -0.39 is 0 Å². The fourth-order valence-corrected chi connectivity index (χ4v) is 2.61. The highest BCUT2D eigenvalue weighted by Gasteiger charge is 2.19. The van der Waals surface area contributed by atoms with Crippen LogP contribution in [0.4, 0.5) is 0 Å². The van der Waals surface area contributed by atoms with E-state index in [1.807, 2.05) is 0 Å². The number of amides is 2. The summed E-state index contributed by atoms with van der Waals surface area (Å²) < 4.78 is 0. The first-order valence-electron chi connectivity index (χ1n) is 7.92. The number of hydrogen-bond acceptors (Lipinski definition) is 3. The molecule has 0 spiro atoms. The third kappa shape index (κ3) is 4.18. The fraction of sp³-hybridized carbons (Fsp3) is 0.500. The molecule has 1 aliphatic rings. The molecule has 23 heavy (non-hydrogen) atoms. The fourth-order valence-electron chi connectivity index (χ4n) is 2.61. The number of aryl methyl sites for hydroxylation is 2. The van der Waals surface area contributed by atoms with Crippen molar-refractivity contribution in [1.82, 2.24) is 10.7 Å². The van der Waals surface area contributed by atoms with Crippen LogP contribution in [-0.4, -0.2) is 17.5 Å². The van der Waals surface area contributed by atoms with Crippen LogP contribution < -0.4 is 10.7 Å². The van der Waals surface area contributed by atoms with E-state index >= 15 is 0 Å². The number of carbonyl (C=O) groups is 2. The van der Waals surface area contributed by atoms with Crippen molar-refractivity contribution in [3.05, 3.63) is 34.4 Å². The summed E-state index contributed by atoms with van der Waals surface area (Å²) in [6.45, 7) is 11.2. The minimum atomic E-state index is -0.219. The molecule has 5 nitrogen and oxygen atoms in total. The highest BCUT2D eigenvalue weighted by Crippen LogP contribution is 2.26. The van der Waals surface area contributed by atoms with E-state index in [9.17, 15) is 9.59 Å². The van der Waals surface area contributed by atoms with Crippen molar-refractivity contribution >= 4 is 17.5 Å². The predicted octanol–water partition coefficient (Wildman–Crippen LogP) is 2.48. The van der Waals surface area contributed by atoms with Gasteiger partial charge in [-0.25, -0.2) is 5.43 Å². The first kappa shape index (κ1) is 17.2. The van der Waals surface area contributed by atoms with Gasteiger partial charge >= 0.3 is 0 Å². The number of hydrazone groups is 1. The molecule has 124 valence electrons. The van der Waals surface area contributed by atoms with E-state index in [1.54, 1.807) is 0 Å². The molecule has 1 aliphatic heterocycles. The van der Waals surface area contributed by atoms with Gasteiger partial charge in [0, 0.05) is 19.4 Å². The standard InChI is InChI=1S/C18H25N3O2/c1-11-8-13(18(3,4)5)9-12(2)14(11)10-19-17(23)15-6-7-16(22)21-20-15/h8-9H,6-7,10H2,1-5H3,(H,19,23)(H,21,22). The minimum absolute atomic E-state index is 0.104. The summed E-state index contributed by atoms with van der Waals surface area (Å²) in [6, 6.07) is 4.37. The molecule has 1 aromatic rings. The molecular weight excluding hydrogens is 290 g/mol. The van der Waals surface area contributed by atoms with Crippen LogP contribution in [0.2, 0.25) is 0 Å². The van der Waals surface area contributed by atoms with Crippen molar-refractivity contribution in [3.8, 4) is 0 Å². The summed E-state index contributed by atoms with van der Waals surface area (Å²) in [5.41, 5.74) is 7.61. The summed E-state index contributed by atoms with van der Waals surface area (Å²) in [4.78, 5) is 23.2. The molecule has 0 unspecified atom stereocenters. The first-order valence-corrected chi connectivity index (χ1v) is 7.92. The second-order valence-corrected chi connectivity index (χ2v) is 7.11. The molecule has 0 aliphatic carbocycles. The SMILES string of the molecule is Cc1cc(C(C)(C)C)cc(C)c1CNC(=O)C1=NNC(=O)CC1. The van der Waals surface area contributed by atoms with E-state index in [0.29, 0.717) is 25.1 Å². The molecule has 5 heteroatoms. The Morgan fingerprint density at radius 3 is 2.30 bits per heavy atom. The molecule has 0 radical (unpaired) electrons. The van der Waals surface area contributed by atoms with Gasteiger partial charge in [-0.1, -0.05) is 32.9 Å².